The number of anilines is 1. The minimum absolute atomic E-state index is 0.166. The maximum Gasteiger partial charge on any atom is 0.503 e. The lowest BCUT2D eigenvalue weighted by Crippen LogP contribution is -2.27. The highest BCUT2D eigenvalue weighted by Crippen LogP contribution is 2.31. The third-order valence-electron chi connectivity index (χ3n) is 3.67. The Morgan fingerprint density at radius 1 is 1.07 bits per heavy atom. The number of hydrogen-bond donors (Lipinski definition) is 2. The highest BCUT2D eigenvalue weighted by Gasteiger charge is 2.49. The Morgan fingerprint density at radius 3 is 2.48 bits per heavy atom. The molecule has 0 aliphatic carbocycles. The molecule has 1 aromatic carbocycles. The first kappa shape index (κ1) is 20.2. The molecule has 0 radical (unpaired) electrons. The fraction of sp³-hybridized carbons (Fsp3) is 0.0588. The van der Waals surface area contributed by atoms with E-state index in [1.54, 1.807) is 6.07 Å². The minimum atomic E-state index is -5.82. The van der Waals surface area contributed by atoms with Gasteiger partial charge in [-0.3, -0.25) is 9.59 Å². The highest BCUT2D eigenvalue weighted by atomic mass is 32.2. The normalized spacial score (nSPS) is 11.8. The van der Waals surface area contributed by atoms with E-state index in [0.29, 0.717) is 11.3 Å². The summed E-state index contributed by atoms with van der Waals surface area (Å²) in [5, 5.41) is 7.03. The molecule has 0 atom stereocenters. The zero-order valence-electron chi connectivity index (χ0n) is 14.3. The van der Waals surface area contributed by atoms with Gasteiger partial charge in [-0.25, -0.2) is 18.5 Å². The predicted molar refractivity (Wildman–Crippen MR) is 95.7 cm³/mol. The number of carbonyl (C=O) groups excluding carboxylic acids is 1. The molecule has 0 aliphatic heterocycles. The van der Waals surface area contributed by atoms with Crippen LogP contribution in [0.5, 0.6) is 0 Å². The molecule has 150 valence electrons. The molecule has 2 N–H and O–H groups in total. The Labute approximate surface area is 161 Å². The third-order valence-corrected chi connectivity index (χ3v) is 5.11. The summed E-state index contributed by atoms with van der Waals surface area (Å²) in [6.45, 7) is 0. The largest absolute Gasteiger partial charge is 0.503 e. The molecule has 2 heterocycles. The number of alkyl halides is 3. The van der Waals surface area contributed by atoms with Crippen molar-refractivity contribution in [2.75, 3.05) is 5.32 Å². The molecule has 1 amide bonds. The number of sulfone groups is 1. The quantitative estimate of drug-likeness (QED) is 0.663. The zero-order valence-corrected chi connectivity index (χ0v) is 15.1. The molecule has 12 heteroatoms. The van der Waals surface area contributed by atoms with Crippen molar-refractivity contribution in [1.29, 1.82) is 0 Å². The third kappa shape index (κ3) is 4.16. The second kappa shape index (κ2) is 7.47. The summed E-state index contributed by atoms with van der Waals surface area (Å²) < 4.78 is 62.0. The summed E-state index contributed by atoms with van der Waals surface area (Å²) in [5.74, 6) is -1.09. The van der Waals surface area contributed by atoms with Crippen molar-refractivity contribution in [3.8, 4) is 11.3 Å². The average molecular weight is 424 g/mol. The lowest BCUT2D eigenvalue weighted by molar-refractivity contribution is -0.0438. The van der Waals surface area contributed by atoms with Crippen LogP contribution < -0.4 is 10.9 Å². The number of aromatic nitrogens is 3. The number of rotatable bonds is 4. The van der Waals surface area contributed by atoms with Crippen LogP contribution >= 0.6 is 0 Å². The fourth-order valence-electron chi connectivity index (χ4n) is 2.35. The van der Waals surface area contributed by atoms with Gasteiger partial charge >= 0.3 is 5.51 Å². The lowest BCUT2D eigenvalue weighted by Gasteiger charge is -2.12. The summed E-state index contributed by atoms with van der Waals surface area (Å²) in [7, 11) is -5.82. The van der Waals surface area contributed by atoms with Crippen molar-refractivity contribution in [3.63, 3.8) is 0 Å². The summed E-state index contributed by atoms with van der Waals surface area (Å²) in [5.41, 5.74) is -5.73. The van der Waals surface area contributed by atoms with E-state index >= 15 is 0 Å². The van der Waals surface area contributed by atoms with E-state index in [4.69, 9.17) is 0 Å². The van der Waals surface area contributed by atoms with Crippen molar-refractivity contribution in [3.05, 3.63) is 70.6 Å². The fourth-order valence-corrected chi connectivity index (χ4v) is 3.22. The van der Waals surface area contributed by atoms with E-state index < -0.39 is 37.4 Å². The zero-order chi connectivity index (χ0) is 21.2. The van der Waals surface area contributed by atoms with Crippen LogP contribution in [0.2, 0.25) is 0 Å². The van der Waals surface area contributed by atoms with E-state index in [0.717, 1.165) is 18.3 Å². The first-order valence-corrected chi connectivity index (χ1v) is 9.32. The number of amides is 1. The van der Waals surface area contributed by atoms with Gasteiger partial charge in [-0.1, -0.05) is 12.1 Å². The molecule has 2 aromatic heterocycles. The van der Waals surface area contributed by atoms with Crippen molar-refractivity contribution in [2.45, 2.75) is 10.5 Å². The lowest BCUT2D eigenvalue weighted by atomic mass is 10.1. The van der Waals surface area contributed by atoms with Crippen molar-refractivity contribution in [2.24, 2.45) is 0 Å². The number of carbonyl (C=O) groups is 1. The molecule has 3 rings (SSSR count). The molecule has 0 spiro atoms. The summed E-state index contributed by atoms with van der Waals surface area (Å²) >= 11 is 0. The number of aromatic amines is 1. The molecule has 8 nitrogen and oxygen atoms in total. The van der Waals surface area contributed by atoms with Crippen LogP contribution in [0.25, 0.3) is 11.3 Å². The van der Waals surface area contributed by atoms with Crippen LogP contribution in [0.3, 0.4) is 0 Å². The summed E-state index contributed by atoms with van der Waals surface area (Å²) in [6.07, 6.45) is 0.845. The Kier molecular flexibility index (Phi) is 5.20. The number of benzene rings is 1. The monoisotopic (exact) mass is 424 g/mol. The second-order valence-electron chi connectivity index (χ2n) is 5.65. The van der Waals surface area contributed by atoms with Crippen LogP contribution in [0.15, 0.2) is 64.5 Å². The van der Waals surface area contributed by atoms with Crippen LogP contribution in [0, 0.1) is 0 Å². The van der Waals surface area contributed by atoms with E-state index in [2.05, 4.69) is 20.5 Å². The van der Waals surface area contributed by atoms with Gasteiger partial charge in [-0.15, -0.1) is 0 Å². The van der Waals surface area contributed by atoms with Gasteiger partial charge in [0.1, 0.15) is 0 Å². The summed E-state index contributed by atoms with van der Waals surface area (Å²) in [4.78, 5) is 26.8. The Balaban J connectivity index is 1.94. The van der Waals surface area contributed by atoms with Gasteiger partial charge in [0.15, 0.2) is 5.03 Å². The van der Waals surface area contributed by atoms with Gasteiger partial charge in [0.2, 0.25) is 0 Å². The summed E-state index contributed by atoms with van der Waals surface area (Å²) in [6, 6.07) is 10.8. The maximum atomic E-state index is 12.9. The van der Waals surface area contributed by atoms with Gasteiger partial charge in [0.05, 0.1) is 11.3 Å². The molecule has 0 bridgehead atoms. The molecule has 29 heavy (non-hydrogen) atoms. The standard InChI is InChI=1S/C17H11F3N4O4S/c18-17(19,20)29(27,28)16-12(5-2-8-21-16)15(26)22-11-4-1-3-10(9-11)13-6-7-14(25)24-23-13/h1-9H,(H,22,26)(H,24,25). The number of halogens is 3. The Hall–Kier alpha value is -3.54. The SMILES string of the molecule is O=C(Nc1cccc(-c2ccc(=O)[nH]n2)c1)c1cccnc1S(=O)(=O)C(F)(F)F. The molecule has 0 aliphatic rings. The Bertz CT molecular complexity index is 1220. The first-order chi connectivity index (χ1) is 13.6. The van der Waals surface area contributed by atoms with Gasteiger partial charge in [-0.05, 0) is 30.3 Å². The van der Waals surface area contributed by atoms with Crippen molar-refractivity contribution in [1.82, 2.24) is 15.2 Å². The second-order valence-corrected chi connectivity index (χ2v) is 7.50. The van der Waals surface area contributed by atoms with E-state index in [1.807, 2.05) is 0 Å². The van der Waals surface area contributed by atoms with Crippen LogP contribution in [-0.4, -0.2) is 35.0 Å². The topological polar surface area (TPSA) is 122 Å². The van der Waals surface area contributed by atoms with Gasteiger partial charge in [0, 0.05) is 23.5 Å². The van der Waals surface area contributed by atoms with Crippen molar-refractivity contribution < 1.29 is 26.4 Å². The molecule has 0 unspecified atom stereocenters. The van der Waals surface area contributed by atoms with Crippen molar-refractivity contribution >= 4 is 21.4 Å². The van der Waals surface area contributed by atoms with Crippen LogP contribution in [0.4, 0.5) is 18.9 Å². The number of hydrogen-bond acceptors (Lipinski definition) is 6. The maximum absolute atomic E-state index is 12.9. The Morgan fingerprint density at radius 2 is 1.83 bits per heavy atom. The molecule has 0 fully saturated rings. The number of H-pyrrole nitrogens is 1. The van der Waals surface area contributed by atoms with Gasteiger partial charge in [0.25, 0.3) is 21.3 Å². The van der Waals surface area contributed by atoms with Crippen LogP contribution in [-0.2, 0) is 9.84 Å². The van der Waals surface area contributed by atoms with Crippen LogP contribution in [0.1, 0.15) is 10.4 Å². The van der Waals surface area contributed by atoms with E-state index in [9.17, 15) is 31.2 Å². The molecular weight excluding hydrogens is 413 g/mol. The number of nitrogens with zero attached hydrogens (tertiary/aromatic N) is 2. The highest BCUT2D eigenvalue weighted by molar-refractivity contribution is 7.92. The van der Waals surface area contributed by atoms with E-state index in [1.165, 1.54) is 30.3 Å². The number of nitrogens with one attached hydrogen (secondary N) is 2. The van der Waals surface area contributed by atoms with E-state index in [-0.39, 0.29) is 5.69 Å². The predicted octanol–water partition coefficient (Wildman–Crippen LogP) is 2.38. The average Bonchev–Trinajstić information content (AvgIpc) is 2.68. The molecule has 3 aromatic rings. The molecule has 0 saturated heterocycles. The number of pyridine rings is 1. The minimum Gasteiger partial charge on any atom is -0.322 e. The smallest absolute Gasteiger partial charge is 0.322 e. The van der Waals surface area contributed by atoms with Gasteiger partial charge in [-0.2, -0.15) is 18.3 Å². The molecular formula is C17H11F3N4O4S. The van der Waals surface area contributed by atoms with Gasteiger partial charge < -0.3 is 5.32 Å². The molecule has 0 saturated carbocycles. The first-order valence-electron chi connectivity index (χ1n) is 7.83.